The molecular weight excluding hydrogens is 884 g/mol. The van der Waals surface area contributed by atoms with Crippen LogP contribution in [-0.2, 0) is 5.41 Å². The summed E-state index contributed by atoms with van der Waals surface area (Å²) in [6, 6.07) is 65.0. The van der Waals surface area contributed by atoms with Gasteiger partial charge in [0, 0.05) is 56.9 Å². The van der Waals surface area contributed by atoms with Crippen LogP contribution in [0.5, 0.6) is 0 Å². The van der Waals surface area contributed by atoms with Gasteiger partial charge in [0.15, 0.2) is 0 Å². The Morgan fingerprint density at radius 2 is 0.630 bits per heavy atom. The van der Waals surface area contributed by atoms with Crippen LogP contribution >= 0.6 is 0 Å². The van der Waals surface area contributed by atoms with Crippen LogP contribution in [0.2, 0.25) is 0 Å². The van der Waals surface area contributed by atoms with Gasteiger partial charge in [0.25, 0.3) is 6.71 Å². The summed E-state index contributed by atoms with van der Waals surface area (Å²) >= 11 is 0. The molecule has 0 unspecified atom stereocenters. The molecule has 0 aromatic heterocycles. The summed E-state index contributed by atoms with van der Waals surface area (Å²) in [6.07, 6.45) is 0. The Kier molecular flexibility index (Phi) is 11.8. The normalized spacial score (nSPS) is 12.6. The van der Waals surface area contributed by atoms with E-state index in [-0.39, 0.29) is 12.1 Å². The summed E-state index contributed by atoms with van der Waals surface area (Å²) in [5, 5.41) is 0. The van der Waals surface area contributed by atoms with E-state index in [1.165, 1.54) is 112 Å². The van der Waals surface area contributed by atoms with Crippen LogP contribution in [0.1, 0.15) is 82.0 Å². The molecule has 2 heterocycles. The van der Waals surface area contributed by atoms with Gasteiger partial charge in [-0.3, -0.25) is 0 Å². The molecule has 0 aliphatic carbocycles. The third kappa shape index (κ3) is 8.39. The fourth-order valence-electron chi connectivity index (χ4n) is 11.3. The molecule has 0 spiro atoms. The Morgan fingerprint density at radius 1 is 0.315 bits per heavy atom. The summed E-state index contributed by atoms with van der Waals surface area (Å²) < 4.78 is 0. The molecule has 0 saturated carbocycles. The molecule has 0 N–H and O–H groups in total. The van der Waals surface area contributed by atoms with E-state index in [0.29, 0.717) is 0 Å². The maximum absolute atomic E-state index is 2.62. The fourth-order valence-corrected chi connectivity index (χ4v) is 11.3. The number of hydrogen-bond donors (Lipinski definition) is 0. The summed E-state index contributed by atoms with van der Waals surface area (Å²) in [5.74, 6) is 0. The van der Waals surface area contributed by atoms with E-state index >= 15 is 0 Å². The largest absolute Gasteiger partial charge is 0.311 e. The second-order valence-electron chi connectivity index (χ2n) is 22.3. The Morgan fingerprint density at radius 3 is 0.945 bits per heavy atom. The van der Waals surface area contributed by atoms with Gasteiger partial charge in [0.1, 0.15) is 0 Å². The lowest BCUT2D eigenvalue weighted by molar-refractivity contribution is 0.590. The van der Waals surface area contributed by atoms with Crippen LogP contribution in [0.25, 0.3) is 0 Å². The van der Waals surface area contributed by atoms with Gasteiger partial charge in [-0.05, 0) is 215 Å². The van der Waals surface area contributed by atoms with Crippen molar-refractivity contribution >= 4 is 91.3 Å². The zero-order valence-corrected chi connectivity index (χ0v) is 45.0. The topological polar surface area (TPSA) is 13.0 Å². The van der Waals surface area contributed by atoms with Crippen LogP contribution in [0.4, 0.5) is 68.2 Å². The lowest BCUT2D eigenvalue weighted by atomic mass is 9.33. The standard InChI is InChI=1S/C68H67BN4/c1-42-16-26-53(27-17-42)70(54-28-18-43(2)19-29-54)61-40-63-57(36-50(61)9)69-58-37-51(10)62(71(55-30-20-44(3)21-31-55)56-32-22-45(4)23-33-56)41-64(58)73(60-35-47(6)15-25-49(60)8)66-39-52(68(11,12)13)38-65(67(66)69)72(63)59-34-46(5)14-24-48(59)7/h14-41H,1-13H3. The molecule has 0 bridgehead atoms. The zero-order chi connectivity index (χ0) is 51.2. The van der Waals surface area contributed by atoms with E-state index in [4.69, 9.17) is 0 Å². The van der Waals surface area contributed by atoms with Crippen molar-refractivity contribution < 1.29 is 0 Å². The second kappa shape index (κ2) is 18.1. The number of hydrogen-bond acceptors (Lipinski definition) is 4. The molecular formula is C68H67BN4. The van der Waals surface area contributed by atoms with Gasteiger partial charge in [0.2, 0.25) is 0 Å². The molecule has 2 aliphatic heterocycles. The van der Waals surface area contributed by atoms with Crippen LogP contribution in [0, 0.1) is 69.2 Å². The van der Waals surface area contributed by atoms with E-state index in [9.17, 15) is 0 Å². The highest BCUT2D eigenvalue weighted by Crippen LogP contribution is 2.51. The summed E-state index contributed by atoms with van der Waals surface area (Å²) in [7, 11) is 0. The van der Waals surface area contributed by atoms with E-state index < -0.39 is 0 Å². The number of nitrogens with zero attached hydrogens (tertiary/aromatic N) is 4. The first-order chi connectivity index (χ1) is 34.9. The first kappa shape index (κ1) is 47.6. The minimum atomic E-state index is -0.166. The minimum Gasteiger partial charge on any atom is -0.311 e. The van der Waals surface area contributed by atoms with E-state index in [0.717, 1.165) is 34.1 Å². The van der Waals surface area contributed by atoms with Crippen LogP contribution in [-0.4, -0.2) is 6.71 Å². The van der Waals surface area contributed by atoms with E-state index in [2.05, 4.69) is 279 Å². The second-order valence-corrected chi connectivity index (χ2v) is 22.3. The van der Waals surface area contributed by atoms with Gasteiger partial charge in [-0.1, -0.05) is 128 Å². The predicted molar refractivity (Wildman–Crippen MR) is 316 cm³/mol. The molecule has 0 saturated heterocycles. The van der Waals surface area contributed by atoms with Gasteiger partial charge in [-0.15, -0.1) is 0 Å². The number of rotatable bonds is 8. The first-order valence-electron chi connectivity index (χ1n) is 26.0. The first-order valence-corrected chi connectivity index (χ1v) is 26.0. The predicted octanol–water partition coefficient (Wildman–Crippen LogP) is 17.1. The van der Waals surface area contributed by atoms with Crippen molar-refractivity contribution in [1.82, 2.24) is 0 Å². The highest BCUT2D eigenvalue weighted by Gasteiger charge is 2.45. The van der Waals surface area contributed by atoms with Gasteiger partial charge >= 0.3 is 0 Å². The zero-order valence-electron chi connectivity index (χ0n) is 45.0. The Bertz CT molecular complexity index is 3280. The van der Waals surface area contributed by atoms with Crippen molar-refractivity contribution in [3.8, 4) is 0 Å². The van der Waals surface area contributed by atoms with Crippen LogP contribution < -0.4 is 36.0 Å². The SMILES string of the molecule is Cc1ccc(N(c2ccc(C)cc2)c2cc3c(cc2C)B2c4cc(C)c(N(c5ccc(C)cc5)c5ccc(C)cc5)cc4N(c4cc(C)ccc4C)c4cc(C(C)(C)C)cc(c42)N3c2cc(C)ccc2C)cc1. The molecule has 5 heteroatoms. The number of benzene rings is 9. The van der Waals surface area contributed by atoms with Crippen molar-refractivity contribution in [3.63, 3.8) is 0 Å². The molecule has 0 amide bonds. The summed E-state index contributed by atoms with van der Waals surface area (Å²) in [5.41, 5.74) is 31.4. The molecule has 362 valence electrons. The molecule has 11 rings (SSSR count). The van der Waals surface area contributed by atoms with Crippen LogP contribution in [0.15, 0.2) is 170 Å². The molecule has 2 aliphatic rings. The number of fused-ring (bicyclic) bond motifs is 4. The third-order valence-electron chi connectivity index (χ3n) is 15.4. The molecule has 4 nitrogen and oxygen atoms in total. The maximum atomic E-state index is 2.62. The van der Waals surface area contributed by atoms with Crippen molar-refractivity contribution in [3.05, 3.63) is 231 Å². The van der Waals surface area contributed by atoms with Crippen LogP contribution in [0.3, 0.4) is 0 Å². The average molecular weight is 951 g/mol. The minimum absolute atomic E-state index is 0.0772. The summed E-state index contributed by atoms with van der Waals surface area (Å²) in [6.45, 7) is 29.3. The fraction of sp³-hybridized carbons (Fsp3) is 0.206. The molecule has 73 heavy (non-hydrogen) atoms. The molecule has 9 aromatic rings. The maximum Gasteiger partial charge on any atom is 0.252 e. The molecule has 0 radical (unpaired) electrons. The lowest BCUT2D eigenvalue weighted by Crippen LogP contribution is -2.61. The van der Waals surface area contributed by atoms with Crippen molar-refractivity contribution in [1.29, 1.82) is 0 Å². The Balaban J connectivity index is 1.27. The molecule has 0 atom stereocenters. The Hall–Kier alpha value is -7.76. The lowest BCUT2D eigenvalue weighted by Gasteiger charge is -2.46. The van der Waals surface area contributed by atoms with Gasteiger partial charge in [-0.25, -0.2) is 0 Å². The van der Waals surface area contributed by atoms with Gasteiger partial charge in [0.05, 0.1) is 11.4 Å². The number of aryl methyl sites for hydroxylation is 10. The van der Waals surface area contributed by atoms with Crippen molar-refractivity contribution in [2.24, 2.45) is 0 Å². The highest BCUT2D eigenvalue weighted by atomic mass is 15.2. The monoisotopic (exact) mass is 951 g/mol. The van der Waals surface area contributed by atoms with Gasteiger partial charge < -0.3 is 19.6 Å². The average Bonchev–Trinajstić information content (AvgIpc) is 3.36. The summed E-state index contributed by atoms with van der Waals surface area (Å²) in [4.78, 5) is 10.2. The van der Waals surface area contributed by atoms with Crippen molar-refractivity contribution in [2.45, 2.75) is 95.4 Å². The smallest absolute Gasteiger partial charge is 0.252 e. The van der Waals surface area contributed by atoms with Crippen molar-refractivity contribution in [2.75, 3.05) is 19.6 Å². The molecule has 9 aromatic carbocycles. The van der Waals surface area contributed by atoms with Gasteiger partial charge in [-0.2, -0.15) is 0 Å². The van der Waals surface area contributed by atoms with E-state index in [1.807, 2.05) is 0 Å². The number of anilines is 12. The Labute approximate surface area is 435 Å². The quantitative estimate of drug-likeness (QED) is 0.141. The highest BCUT2D eigenvalue weighted by molar-refractivity contribution is 7.00. The molecule has 0 fully saturated rings. The van der Waals surface area contributed by atoms with E-state index in [1.54, 1.807) is 0 Å². The third-order valence-corrected chi connectivity index (χ3v) is 15.4.